The van der Waals surface area contributed by atoms with Crippen molar-refractivity contribution in [3.8, 4) is 0 Å². The Kier molecular flexibility index (Phi) is 5.86. The fourth-order valence-electron chi connectivity index (χ4n) is 2.94. The van der Waals surface area contributed by atoms with Crippen molar-refractivity contribution in [3.63, 3.8) is 0 Å². The lowest BCUT2D eigenvalue weighted by atomic mass is 10.1. The van der Waals surface area contributed by atoms with Gasteiger partial charge in [-0.25, -0.2) is 4.79 Å². The number of rotatable bonds is 5. The van der Waals surface area contributed by atoms with Gasteiger partial charge in [0.25, 0.3) is 0 Å². The van der Waals surface area contributed by atoms with Gasteiger partial charge in [0.05, 0.1) is 6.10 Å². The number of carbonyl (C=O) groups is 2. The number of ether oxygens (including phenoxy) is 1. The molecule has 0 aromatic heterocycles. The molecule has 0 radical (unpaired) electrons. The van der Waals surface area contributed by atoms with E-state index in [2.05, 4.69) is 5.32 Å². The molecule has 1 heterocycles. The van der Waals surface area contributed by atoms with Gasteiger partial charge in [-0.15, -0.1) is 0 Å². The van der Waals surface area contributed by atoms with Crippen LogP contribution in [0.2, 0.25) is 0 Å². The lowest BCUT2D eigenvalue weighted by Crippen LogP contribution is -2.42. The molecule has 136 valence electrons. The molecule has 6 nitrogen and oxygen atoms in total. The van der Waals surface area contributed by atoms with Gasteiger partial charge < -0.3 is 20.1 Å². The van der Waals surface area contributed by atoms with Crippen molar-refractivity contribution in [1.82, 2.24) is 10.2 Å². The number of nitrogens with zero attached hydrogens (tertiary/aromatic N) is 1. The minimum absolute atomic E-state index is 0.130. The normalized spacial score (nSPS) is 17.6. The highest BCUT2D eigenvalue weighted by atomic mass is 16.5. The maximum Gasteiger partial charge on any atom is 0.408 e. The van der Waals surface area contributed by atoms with Crippen LogP contribution in [-0.4, -0.2) is 41.2 Å². The van der Waals surface area contributed by atoms with Gasteiger partial charge in [0, 0.05) is 13.1 Å². The van der Waals surface area contributed by atoms with E-state index in [4.69, 9.17) is 4.74 Å². The zero-order valence-corrected chi connectivity index (χ0v) is 14.4. The fraction of sp³-hybridized carbons (Fsp3) is 0.300. The summed E-state index contributed by atoms with van der Waals surface area (Å²) in [5.74, 6) is -0.246. The average molecular weight is 354 g/mol. The first-order valence-corrected chi connectivity index (χ1v) is 8.62. The first-order chi connectivity index (χ1) is 12.6. The molecule has 0 saturated carbocycles. The Balaban J connectivity index is 1.67. The minimum Gasteiger partial charge on any atom is -0.445 e. The highest BCUT2D eigenvalue weighted by molar-refractivity contribution is 5.87. The number of hydrogen-bond acceptors (Lipinski definition) is 4. The van der Waals surface area contributed by atoms with Gasteiger partial charge in [-0.05, 0) is 17.5 Å². The van der Waals surface area contributed by atoms with E-state index < -0.39 is 18.2 Å². The third-order valence-electron chi connectivity index (χ3n) is 4.33. The molecule has 0 aliphatic carbocycles. The van der Waals surface area contributed by atoms with Crippen LogP contribution < -0.4 is 5.32 Å². The van der Waals surface area contributed by atoms with Crippen LogP contribution in [-0.2, 0) is 16.1 Å². The van der Waals surface area contributed by atoms with Crippen LogP contribution in [0.15, 0.2) is 60.7 Å². The number of hydrogen-bond donors (Lipinski definition) is 2. The first kappa shape index (κ1) is 17.9. The van der Waals surface area contributed by atoms with Crippen molar-refractivity contribution in [1.29, 1.82) is 0 Å². The van der Waals surface area contributed by atoms with Gasteiger partial charge in [-0.3, -0.25) is 4.79 Å². The maximum atomic E-state index is 12.8. The summed E-state index contributed by atoms with van der Waals surface area (Å²) in [4.78, 5) is 26.6. The quantitative estimate of drug-likeness (QED) is 0.863. The monoisotopic (exact) mass is 354 g/mol. The van der Waals surface area contributed by atoms with E-state index in [0.29, 0.717) is 18.5 Å². The van der Waals surface area contributed by atoms with E-state index in [1.807, 2.05) is 48.5 Å². The van der Waals surface area contributed by atoms with Crippen molar-refractivity contribution in [2.75, 3.05) is 13.1 Å². The second-order valence-corrected chi connectivity index (χ2v) is 6.28. The summed E-state index contributed by atoms with van der Waals surface area (Å²) < 4.78 is 5.24. The molecule has 2 atom stereocenters. The van der Waals surface area contributed by atoms with Crippen molar-refractivity contribution in [3.05, 3.63) is 71.8 Å². The summed E-state index contributed by atoms with van der Waals surface area (Å²) in [6.07, 6.45) is -0.623. The molecule has 1 aliphatic rings. The van der Waals surface area contributed by atoms with Crippen molar-refractivity contribution < 1.29 is 19.4 Å². The van der Waals surface area contributed by atoms with E-state index >= 15 is 0 Å². The summed E-state index contributed by atoms with van der Waals surface area (Å²) >= 11 is 0. The third-order valence-corrected chi connectivity index (χ3v) is 4.33. The zero-order chi connectivity index (χ0) is 18.4. The highest BCUT2D eigenvalue weighted by Crippen LogP contribution is 2.20. The number of β-amino-alcohol motifs (C(OH)–C–C–N with tert-alkyl or cyclic N) is 1. The summed E-state index contributed by atoms with van der Waals surface area (Å²) in [6.45, 7) is 0.887. The van der Waals surface area contributed by atoms with Gasteiger partial charge >= 0.3 is 6.09 Å². The van der Waals surface area contributed by atoms with Crippen LogP contribution in [0, 0.1) is 0 Å². The van der Waals surface area contributed by atoms with Gasteiger partial charge in [0.15, 0.2) is 0 Å². The fourth-order valence-corrected chi connectivity index (χ4v) is 2.94. The molecule has 0 spiro atoms. The SMILES string of the molecule is O=C(N[C@H](C(=O)N1CC[C@H](O)C1)c1ccccc1)OCc1ccccc1. The third kappa shape index (κ3) is 4.61. The predicted octanol–water partition coefficient (Wildman–Crippen LogP) is 2.25. The molecular weight excluding hydrogens is 332 g/mol. The number of likely N-dealkylation sites (tertiary alicyclic amines) is 1. The topological polar surface area (TPSA) is 78.9 Å². The van der Waals surface area contributed by atoms with Gasteiger partial charge in [-0.1, -0.05) is 60.7 Å². The van der Waals surface area contributed by atoms with Gasteiger partial charge in [-0.2, -0.15) is 0 Å². The average Bonchev–Trinajstić information content (AvgIpc) is 3.12. The second-order valence-electron chi connectivity index (χ2n) is 6.28. The summed E-state index contributed by atoms with van der Waals surface area (Å²) in [5, 5.41) is 12.3. The molecule has 1 aliphatic heterocycles. The Bertz CT molecular complexity index is 736. The van der Waals surface area contributed by atoms with Crippen LogP contribution in [0.1, 0.15) is 23.6 Å². The van der Waals surface area contributed by atoms with Crippen LogP contribution in [0.5, 0.6) is 0 Å². The van der Waals surface area contributed by atoms with Crippen molar-refractivity contribution >= 4 is 12.0 Å². The Morgan fingerprint density at radius 2 is 1.77 bits per heavy atom. The Hall–Kier alpha value is -2.86. The van der Waals surface area contributed by atoms with Crippen LogP contribution in [0.4, 0.5) is 4.79 Å². The standard InChI is InChI=1S/C20H22N2O4/c23-17-11-12-22(13-17)19(24)18(16-9-5-2-6-10-16)21-20(25)26-14-15-7-3-1-4-8-15/h1-10,17-18,23H,11-14H2,(H,21,25)/t17-,18-/m0/s1. The minimum atomic E-state index is -0.843. The van der Waals surface area contributed by atoms with E-state index in [-0.39, 0.29) is 19.1 Å². The molecule has 2 amide bonds. The lowest BCUT2D eigenvalue weighted by Gasteiger charge is -2.24. The van der Waals surface area contributed by atoms with Gasteiger partial charge in [0.2, 0.25) is 5.91 Å². The molecule has 6 heteroatoms. The molecule has 2 aromatic rings. The van der Waals surface area contributed by atoms with Crippen molar-refractivity contribution in [2.45, 2.75) is 25.2 Å². The molecule has 3 rings (SSSR count). The number of alkyl carbamates (subject to hydrolysis) is 1. The summed E-state index contributed by atoms with van der Waals surface area (Å²) in [7, 11) is 0. The van der Waals surface area contributed by atoms with E-state index in [0.717, 1.165) is 5.56 Å². The molecule has 0 bridgehead atoms. The molecule has 0 unspecified atom stereocenters. The number of aliphatic hydroxyl groups is 1. The zero-order valence-electron chi connectivity index (χ0n) is 14.4. The Labute approximate surface area is 152 Å². The van der Waals surface area contributed by atoms with Crippen LogP contribution in [0.3, 0.4) is 0 Å². The number of amides is 2. The van der Waals surface area contributed by atoms with Crippen LogP contribution >= 0.6 is 0 Å². The molecular formula is C20H22N2O4. The molecule has 1 saturated heterocycles. The van der Waals surface area contributed by atoms with Gasteiger partial charge in [0.1, 0.15) is 12.6 Å². The second kappa shape index (κ2) is 8.49. The maximum absolute atomic E-state index is 12.8. The summed E-state index contributed by atoms with van der Waals surface area (Å²) in [6, 6.07) is 17.5. The largest absolute Gasteiger partial charge is 0.445 e. The van der Waals surface area contributed by atoms with E-state index in [1.54, 1.807) is 17.0 Å². The molecule has 1 fully saturated rings. The number of aliphatic hydroxyl groups excluding tert-OH is 1. The number of carbonyl (C=O) groups excluding carboxylic acids is 2. The molecule has 26 heavy (non-hydrogen) atoms. The Morgan fingerprint density at radius 3 is 2.38 bits per heavy atom. The number of benzene rings is 2. The van der Waals surface area contributed by atoms with E-state index in [1.165, 1.54) is 0 Å². The summed E-state index contributed by atoms with van der Waals surface area (Å²) in [5.41, 5.74) is 1.54. The van der Waals surface area contributed by atoms with Crippen LogP contribution in [0.25, 0.3) is 0 Å². The first-order valence-electron chi connectivity index (χ1n) is 8.62. The Morgan fingerprint density at radius 1 is 1.12 bits per heavy atom. The molecule has 2 N–H and O–H groups in total. The van der Waals surface area contributed by atoms with E-state index in [9.17, 15) is 14.7 Å². The lowest BCUT2D eigenvalue weighted by molar-refractivity contribution is -0.132. The van der Waals surface area contributed by atoms with Crippen molar-refractivity contribution in [2.24, 2.45) is 0 Å². The number of nitrogens with one attached hydrogen (secondary N) is 1. The predicted molar refractivity (Wildman–Crippen MR) is 96.1 cm³/mol. The highest BCUT2D eigenvalue weighted by Gasteiger charge is 2.32. The smallest absolute Gasteiger partial charge is 0.408 e. The molecule has 2 aromatic carbocycles.